The minimum Gasteiger partial charge on any atom is -0.505 e. The van der Waals surface area contributed by atoms with Crippen molar-refractivity contribution in [3.8, 4) is 6.07 Å². The fourth-order valence-electron chi connectivity index (χ4n) is 1.62. The number of aliphatic hydroxyl groups is 1. The van der Waals surface area contributed by atoms with Crippen molar-refractivity contribution in [1.82, 2.24) is 4.90 Å². The number of nitro benzene ring substituents is 1. The summed E-state index contributed by atoms with van der Waals surface area (Å²) in [4.78, 5) is 22.5. The molecule has 0 saturated carbocycles. The number of halogens is 3. The van der Waals surface area contributed by atoms with E-state index in [1.54, 1.807) is 0 Å². The van der Waals surface area contributed by atoms with Crippen LogP contribution in [0.25, 0.3) is 5.76 Å². The van der Waals surface area contributed by atoms with Crippen molar-refractivity contribution < 1.29 is 28.0 Å². The Balaban J connectivity index is 3.63. The summed E-state index contributed by atoms with van der Waals surface area (Å²) in [5.41, 5.74) is -3.84. The topological polar surface area (TPSA) is 107 Å². The molecule has 0 aliphatic carbocycles. The Bertz CT molecular complexity index is 733. The summed E-state index contributed by atoms with van der Waals surface area (Å²) in [7, 11) is 2.54. The molecule has 1 rings (SSSR count). The quantitative estimate of drug-likeness (QED) is 0.301. The highest BCUT2D eigenvalue weighted by molar-refractivity contribution is 6.03. The molecule has 0 fully saturated rings. The first-order valence-electron chi connectivity index (χ1n) is 5.91. The van der Waals surface area contributed by atoms with Crippen LogP contribution in [0.5, 0.6) is 0 Å². The van der Waals surface area contributed by atoms with E-state index in [0.717, 1.165) is 4.90 Å². The second kappa shape index (κ2) is 6.35. The third-order valence-corrected chi connectivity index (χ3v) is 2.75. The molecular formula is C13H10F3N3O4. The van der Waals surface area contributed by atoms with Gasteiger partial charge in [-0.15, -0.1) is 0 Å². The van der Waals surface area contributed by atoms with Crippen LogP contribution in [-0.4, -0.2) is 34.9 Å². The fraction of sp³-hybridized carbons (Fsp3) is 0.231. The van der Waals surface area contributed by atoms with E-state index < -0.39 is 45.2 Å². The first-order valence-corrected chi connectivity index (χ1v) is 5.91. The largest absolute Gasteiger partial charge is 0.505 e. The maximum atomic E-state index is 12.6. The maximum Gasteiger partial charge on any atom is 0.416 e. The smallest absolute Gasteiger partial charge is 0.416 e. The minimum atomic E-state index is -4.82. The molecule has 0 aliphatic heterocycles. The average Bonchev–Trinajstić information content (AvgIpc) is 2.45. The number of hydrogen-bond acceptors (Lipinski definition) is 5. The van der Waals surface area contributed by atoms with Crippen LogP contribution in [0.2, 0.25) is 0 Å². The van der Waals surface area contributed by atoms with Crippen molar-refractivity contribution in [2.75, 3.05) is 14.1 Å². The monoisotopic (exact) mass is 329 g/mol. The molecule has 122 valence electrons. The van der Waals surface area contributed by atoms with Gasteiger partial charge in [-0.1, -0.05) is 0 Å². The van der Waals surface area contributed by atoms with Gasteiger partial charge in [0.15, 0.2) is 11.3 Å². The number of amides is 1. The Hall–Kier alpha value is -3.09. The van der Waals surface area contributed by atoms with E-state index in [1.807, 2.05) is 0 Å². The van der Waals surface area contributed by atoms with Crippen LogP contribution in [0.4, 0.5) is 18.9 Å². The zero-order chi connectivity index (χ0) is 17.9. The number of nitro groups is 1. The standard InChI is InChI=1S/C13H10F3N3O4/c1-18(2)12(21)9(6-17)11(20)8-4-3-7(13(14,15)16)5-10(8)19(22)23/h3-5,20H,1-2H3/b11-9-. The molecule has 0 heterocycles. The number of nitrogens with zero attached hydrogens (tertiary/aromatic N) is 3. The number of likely N-dealkylation sites (N-methyl/N-ethyl adjacent to an activating group) is 1. The molecule has 0 atom stereocenters. The van der Waals surface area contributed by atoms with Crippen molar-refractivity contribution >= 4 is 17.4 Å². The third kappa shape index (κ3) is 3.76. The number of rotatable bonds is 3. The van der Waals surface area contributed by atoms with Gasteiger partial charge in [-0.05, 0) is 12.1 Å². The summed E-state index contributed by atoms with van der Waals surface area (Å²) in [5, 5.41) is 29.8. The molecule has 10 heteroatoms. The summed E-state index contributed by atoms with van der Waals surface area (Å²) < 4.78 is 37.8. The zero-order valence-corrected chi connectivity index (χ0v) is 11.9. The van der Waals surface area contributed by atoms with Crippen molar-refractivity contribution in [3.63, 3.8) is 0 Å². The molecule has 1 N–H and O–H groups in total. The minimum absolute atomic E-state index is 0.223. The normalized spacial score (nSPS) is 12.2. The van der Waals surface area contributed by atoms with Crippen molar-refractivity contribution in [3.05, 3.63) is 45.0 Å². The van der Waals surface area contributed by atoms with Crippen molar-refractivity contribution in [2.24, 2.45) is 0 Å². The van der Waals surface area contributed by atoms with Gasteiger partial charge in [0.05, 0.1) is 16.1 Å². The van der Waals surface area contributed by atoms with E-state index >= 15 is 0 Å². The van der Waals surface area contributed by atoms with Gasteiger partial charge in [-0.3, -0.25) is 14.9 Å². The predicted octanol–water partition coefficient (Wildman–Crippen LogP) is 2.49. The number of benzene rings is 1. The maximum absolute atomic E-state index is 12.6. The molecule has 1 amide bonds. The second-order valence-electron chi connectivity index (χ2n) is 4.52. The van der Waals surface area contributed by atoms with E-state index in [-0.39, 0.29) is 6.07 Å². The van der Waals surface area contributed by atoms with Crippen LogP contribution < -0.4 is 0 Å². The molecule has 1 aromatic carbocycles. The Morgan fingerprint density at radius 1 is 1.39 bits per heavy atom. The van der Waals surface area contributed by atoms with Gasteiger partial charge >= 0.3 is 6.18 Å². The Morgan fingerprint density at radius 3 is 2.35 bits per heavy atom. The lowest BCUT2D eigenvalue weighted by molar-refractivity contribution is -0.385. The van der Waals surface area contributed by atoms with Crippen molar-refractivity contribution in [2.45, 2.75) is 6.18 Å². The highest BCUT2D eigenvalue weighted by Gasteiger charge is 2.34. The molecule has 0 aromatic heterocycles. The van der Waals surface area contributed by atoms with Gasteiger partial charge in [-0.25, -0.2) is 0 Å². The van der Waals surface area contributed by atoms with Crippen molar-refractivity contribution in [1.29, 1.82) is 5.26 Å². The molecule has 0 bridgehead atoms. The lowest BCUT2D eigenvalue weighted by Crippen LogP contribution is -2.24. The molecular weight excluding hydrogens is 319 g/mol. The number of hydrogen-bond donors (Lipinski definition) is 1. The first kappa shape index (κ1) is 18.0. The summed E-state index contributed by atoms with van der Waals surface area (Å²) in [6, 6.07) is 2.75. The molecule has 0 aliphatic rings. The number of alkyl halides is 3. The van der Waals surface area contributed by atoms with Gasteiger partial charge in [-0.2, -0.15) is 18.4 Å². The highest BCUT2D eigenvalue weighted by atomic mass is 19.4. The number of carbonyl (C=O) groups is 1. The van der Waals surface area contributed by atoms with Crippen LogP contribution in [0, 0.1) is 21.4 Å². The number of carbonyl (C=O) groups excluding carboxylic acids is 1. The summed E-state index contributed by atoms with van der Waals surface area (Å²) >= 11 is 0. The summed E-state index contributed by atoms with van der Waals surface area (Å²) in [6.07, 6.45) is -4.82. The molecule has 0 unspecified atom stereocenters. The summed E-state index contributed by atoms with van der Waals surface area (Å²) in [5.74, 6) is -2.01. The Kier molecular flexibility index (Phi) is 4.96. The number of nitriles is 1. The van der Waals surface area contributed by atoms with E-state index in [2.05, 4.69) is 0 Å². The molecule has 23 heavy (non-hydrogen) atoms. The molecule has 0 saturated heterocycles. The lowest BCUT2D eigenvalue weighted by Gasteiger charge is -2.12. The van der Waals surface area contributed by atoms with E-state index in [9.17, 15) is 33.2 Å². The lowest BCUT2D eigenvalue weighted by atomic mass is 10.0. The van der Waals surface area contributed by atoms with E-state index in [1.165, 1.54) is 20.2 Å². The van der Waals surface area contributed by atoms with Crippen LogP contribution in [-0.2, 0) is 11.0 Å². The molecule has 7 nitrogen and oxygen atoms in total. The summed E-state index contributed by atoms with van der Waals surface area (Å²) in [6.45, 7) is 0. The first-order chi connectivity index (χ1) is 10.5. The molecule has 0 radical (unpaired) electrons. The van der Waals surface area contributed by atoms with E-state index in [4.69, 9.17) is 5.26 Å². The number of aliphatic hydroxyl groups excluding tert-OH is 1. The highest BCUT2D eigenvalue weighted by Crippen LogP contribution is 2.35. The fourth-order valence-corrected chi connectivity index (χ4v) is 1.62. The zero-order valence-electron chi connectivity index (χ0n) is 11.9. The van der Waals surface area contributed by atoms with Gasteiger partial charge in [0.2, 0.25) is 0 Å². The Morgan fingerprint density at radius 2 is 1.96 bits per heavy atom. The van der Waals surface area contributed by atoms with Gasteiger partial charge in [0.25, 0.3) is 11.6 Å². The average molecular weight is 329 g/mol. The SMILES string of the molecule is CN(C)C(=O)/C(C#N)=C(\O)c1ccc(C(F)(F)F)cc1[N+](=O)[O-]. The van der Waals surface area contributed by atoms with Gasteiger partial charge < -0.3 is 10.0 Å². The molecule has 0 spiro atoms. The second-order valence-corrected chi connectivity index (χ2v) is 4.52. The van der Waals surface area contributed by atoms with Crippen LogP contribution >= 0.6 is 0 Å². The predicted molar refractivity (Wildman–Crippen MR) is 72.0 cm³/mol. The molecule has 1 aromatic rings. The third-order valence-electron chi connectivity index (χ3n) is 2.75. The van der Waals surface area contributed by atoms with Gasteiger partial charge in [0, 0.05) is 20.2 Å². The van der Waals surface area contributed by atoms with Gasteiger partial charge in [0.1, 0.15) is 6.07 Å². The van der Waals surface area contributed by atoms with Crippen LogP contribution in [0.1, 0.15) is 11.1 Å². The van der Waals surface area contributed by atoms with E-state index in [0.29, 0.717) is 12.1 Å². The Labute approximate surface area is 128 Å². The van der Waals surface area contributed by atoms with Crippen LogP contribution in [0.15, 0.2) is 23.8 Å². The van der Waals surface area contributed by atoms with Crippen LogP contribution in [0.3, 0.4) is 0 Å².